The number of ether oxygens (including phenoxy) is 1. The van der Waals surface area contributed by atoms with Gasteiger partial charge in [-0.05, 0) is 49.6 Å². The van der Waals surface area contributed by atoms with Gasteiger partial charge in [0.05, 0.1) is 6.54 Å². The second-order valence-electron chi connectivity index (χ2n) is 7.60. The molecule has 28 heavy (non-hydrogen) atoms. The highest BCUT2D eigenvalue weighted by molar-refractivity contribution is 5.93. The average Bonchev–Trinajstić information content (AvgIpc) is 2.66. The van der Waals surface area contributed by atoms with Gasteiger partial charge in [-0.3, -0.25) is 14.6 Å². The van der Waals surface area contributed by atoms with Gasteiger partial charge < -0.3 is 10.1 Å². The van der Waals surface area contributed by atoms with Crippen LogP contribution in [-0.4, -0.2) is 61.6 Å². The minimum Gasteiger partial charge on any atom is -0.492 e. The van der Waals surface area contributed by atoms with Crippen molar-refractivity contribution in [1.29, 1.82) is 0 Å². The third-order valence-electron chi connectivity index (χ3n) is 5.24. The molecule has 3 rings (SSSR count). The fraction of sp³-hybridized carbons (Fsp3) is 0.435. The molecule has 1 aliphatic heterocycles. The largest absolute Gasteiger partial charge is 0.492 e. The number of nitrogens with one attached hydrogen (secondary N) is 1. The molecule has 0 atom stereocenters. The summed E-state index contributed by atoms with van der Waals surface area (Å²) in [7, 11) is 0. The van der Waals surface area contributed by atoms with E-state index in [4.69, 9.17) is 4.74 Å². The van der Waals surface area contributed by atoms with Gasteiger partial charge in [0, 0.05) is 38.4 Å². The van der Waals surface area contributed by atoms with Crippen LogP contribution in [0.3, 0.4) is 0 Å². The summed E-state index contributed by atoms with van der Waals surface area (Å²) in [5.74, 6) is 0.996. The fourth-order valence-electron chi connectivity index (χ4n) is 3.56. The summed E-state index contributed by atoms with van der Waals surface area (Å²) in [6.45, 7) is 11.9. The van der Waals surface area contributed by atoms with Gasteiger partial charge in [0.1, 0.15) is 12.4 Å². The maximum absolute atomic E-state index is 12.4. The first-order chi connectivity index (χ1) is 13.5. The minimum atomic E-state index is 0.0635. The van der Waals surface area contributed by atoms with E-state index < -0.39 is 0 Å². The van der Waals surface area contributed by atoms with Crippen LogP contribution in [0.2, 0.25) is 0 Å². The maximum atomic E-state index is 12.4. The topological polar surface area (TPSA) is 44.8 Å². The second kappa shape index (κ2) is 9.71. The van der Waals surface area contributed by atoms with Gasteiger partial charge in [-0.25, -0.2) is 0 Å². The number of aryl methyl sites for hydroxylation is 3. The number of hydrogen-bond donors (Lipinski definition) is 1. The molecule has 150 valence electrons. The number of hydrogen-bond acceptors (Lipinski definition) is 4. The summed E-state index contributed by atoms with van der Waals surface area (Å²) in [4.78, 5) is 17.1. The molecule has 0 unspecified atom stereocenters. The zero-order valence-corrected chi connectivity index (χ0v) is 17.2. The van der Waals surface area contributed by atoms with Crippen molar-refractivity contribution in [2.75, 3.05) is 51.2 Å². The molecule has 5 nitrogen and oxygen atoms in total. The van der Waals surface area contributed by atoms with Crippen molar-refractivity contribution in [3.05, 3.63) is 59.2 Å². The number of amides is 1. The average molecular weight is 382 g/mol. The van der Waals surface area contributed by atoms with Crippen molar-refractivity contribution in [2.24, 2.45) is 0 Å². The van der Waals surface area contributed by atoms with Crippen molar-refractivity contribution >= 4 is 11.6 Å². The zero-order valence-electron chi connectivity index (χ0n) is 17.2. The number of carbonyl (C=O) groups is 1. The van der Waals surface area contributed by atoms with E-state index in [0.29, 0.717) is 13.2 Å². The number of anilines is 1. The van der Waals surface area contributed by atoms with E-state index in [1.807, 2.05) is 44.2 Å². The van der Waals surface area contributed by atoms with E-state index >= 15 is 0 Å². The van der Waals surface area contributed by atoms with Crippen molar-refractivity contribution in [3.63, 3.8) is 0 Å². The van der Waals surface area contributed by atoms with Crippen LogP contribution >= 0.6 is 0 Å². The maximum Gasteiger partial charge on any atom is 0.238 e. The van der Waals surface area contributed by atoms with Gasteiger partial charge in [0.15, 0.2) is 0 Å². The van der Waals surface area contributed by atoms with Crippen molar-refractivity contribution in [2.45, 2.75) is 20.8 Å². The monoisotopic (exact) mass is 381 g/mol. The van der Waals surface area contributed by atoms with Crippen LogP contribution in [-0.2, 0) is 4.79 Å². The van der Waals surface area contributed by atoms with Gasteiger partial charge >= 0.3 is 0 Å². The molecule has 2 aromatic carbocycles. The summed E-state index contributed by atoms with van der Waals surface area (Å²) in [6, 6.07) is 14.2. The number of rotatable bonds is 7. The van der Waals surface area contributed by atoms with Crippen LogP contribution in [0.25, 0.3) is 0 Å². The van der Waals surface area contributed by atoms with Crippen LogP contribution in [0, 0.1) is 20.8 Å². The Morgan fingerprint density at radius 2 is 1.61 bits per heavy atom. The Kier molecular flexibility index (Phi) is 7.06. The van der Waals surface area contributed by atoms with Crippen LogP contribution in [0.1, 0.15) is 16.7 Å². The molecule has 1 fully saturated rings. The van der Waals surface area contributed by atoms with Crippen molar-refractivity contribution in [1.82, 2.24) is 9.80 Å². The molecule has 1 N–H and O–H groups in total. The highest BCUT2D eigenvalue weighted by Crippen LogP contribution is 2.19. The van der Waals surface area contributed by atoms with Gasteiger partial charge in [-0.2, -0.15) is 0 Å². The lowest BCUT2D eigenvalue weighted by atomic mass is 10.1. The number of para-hydroxylation sites is 1. The van der Waals surface area contributed by atoms with Gasteiger partial charge in [-0.15, -0.1) is 0 Å². The highest BCUT2D eigenvalue weighted by Gasteiger charge is 2.19. The van der Waals surface area contributed by atoms with E-state index in [0.717, 1.165) is 55.3 Å². The van der Waals surface area contributed by atoms with E-state index in [1.165, 1.54) is 5.56 Å². The molecule has 0 radical (unpaired) electrons. The molecular formula is C23H31N3O2. The smallest absolute Gasteiger partial charge is 0.238 e. The molecule has 1 amide bonds. The Labute approximate surface area is 168 Å². The SMILES string of the molecule is Cc1cccc(OCCN2CCN(CC(=O)Nc3c(C)cccc3C)CC2)c1. The van der Waals surface area contributed by atoms with Gasteiger partial charge in [0.25, 0.3) is 0 Å². The Morgan fingerprint density at radius 1 is 0.964 bits per heavy atom. The standard InChI is InChI=1S/C23H31N3O2/c1-18-6-4-9-21(16-18)28-15-14-25-10-12-26(13-11-25)17-22(27)24-23-19(2)7-5-8-20(23)3/h4-9,16H,10-15,17H2,1-3H3,(H,24,27). The lowest BCUT2D eigenvalue weighted by Gasteiger charge is -2.34. The van der Waals surface area contributed by atoms with E-state index in [1.54, 1.807) is 0 Å². The summed E-state index contributed by atoms with van der Waals surface area (Å²) < 4.78 is 5.85. The lowest BCUT2D eigenvalue weighted by Crippen LogP contribution is -2.49. The summed E-state index contributed by atoms with van der Waals surface area (Å²) in [5, 5.41) is 3.08. The first kappa shape index (κ1) is 20.4. The molecule has 0 bridgehead atoms. The molecule has 0 aliphatic carbocycles. The first-order valence-corrected chi connectivity index (χ1v) is 10.0. The summed E-state index contributed by atoms with van der Waals surface area (Å²) in [5.41, 5.74) is 4.36. The van der Waals surface area contributed by atoms with Crippen LogP contribution in [0.5, 0.6) is 5.75 Å². The van der Waals surface area contributed by atoms with Gasteiger partial charge in [0.2, 0.25) is 5.91 Å². The molecule has 1 aliphatic rings. The molecule has 5 heteroatoms. The molecule has 0 saturated carbocycles. The van der Waals surface area contributed by atoms with Crippen LogP contribution in [0.4, 0.5) is 5.69 Å². The van der Waals surface area contributed by atoms with E-state index in [2.05, 4.69) is 34.2 Å². The second-order valence-corrected chi connectivity index (χ2v) is 7.60. The summed E-state index contributed by atoms with van der Waals surface area (Å²) >= 11 is 0. The Bertz CT molecular complexity index is 778. The predicted octanol–water partition coefficient (Wildman–Crippen LogP) is 3.25. The summed E-state index contributed by atoms with van der Waals surface area (Å²) in [6.07, 6.45) is 0. The molecular weight excluding hydrogens is 350 g/mol. The van der Waals surface area contributed by atoms with E-state index in [9.17, 15) is 4.79 Å². The zero-order chi connectivity index (χ0) is 19.9. The van der Waals surface area contributed by atoms with Crippen molar-refractivity contribution in [3.8, 4) is 5.75 Å². The first-order valence-electron chi connectivity index (χ1n) is 10.0. The molecule has 1 heterocycles. The number of benzene rings is 2. The quantitative estimate of drug-likeness (QED) is 0.800. The van der Waals surface area contributed by atoms with Gasteiger partial charge in [-0.1, -0.05) is 30.3 Å². The number of carbonyl (C=O) groups excluding carboxylic acids is 1. The molecule has 1 saturated heterocycles. The van der Waals surface area contributed by atoms with Crippen LogP contribution < -0.4 is 10.1 Å². The fourth-order valence-corrected chi connectivity index (χ4v) is 3.56. The number of piperazine rings is 1. The van der Waals surface area contributed by atoms with Crippen LogP contribution in [0.15, 0.2) is 42.5 Å². The molecule has 0 aromatic heterocycles. The number of nitrogens with zero attached hydrogens (tertiary/aromatic N) is 2. The van der Waals surface area contributed by atoms with E-state index in [-0.39, 0.29) is 5.91 Å². The Morgan fingerprint density at radius 3 is 2.29 bits per heavy atom. The third-order valence-corrected chi connectivity index (χ3v) is 5.24. The normalized spacial score (nSPS) is 15.4. The third kappa shape index (κ3) is 5.81. The molecule has 0 spiro atoms. The minimum absolute atomic E-state index is 0.0635. The lowest BCUT2D eigenvalue weighted by molar-refractivity contribution is -0.117. The Hall–Kier alpha value is -2.37. The van der Waals surface area contributed by atoms with Crippen molar-refractivity contribution < 1.29 is 9.53 Å². The Balaban J connectivity index is 1.37. The highest BCUT2D eigenvalue weighted by atomic mass is 16.5. The predicted molar refractivity (Wildman–Crippen MR) is 114 cm³/mol. The molecule has 2 aromatic rings.